The SMILES string of the molecule is CC(=O)Nc1ccc(C(=O)NCCNC(=O)C2CCCN(c3ccc(-c4cccs4)nn3)C2)cc1. The van der Waals surface area contributed by atoms with Crippen molar-refractivity contribution in [1.82, 2.24) is 20.8 Å². The summed E-state index contributed by atoms with van der Waals surface area (Å²) in [5, 5.41) is 19.1. The van der Waals surface area contributed by atoms with Gasteiger partial charge in [-0.05, 0) is 60.7 Å². The number of amides is 3. The highest BCUT2D eigenvalue weighted by molar-refractivity contribution is 7.13. The van der Waals surface area contributed by atoms with Crippen molar-refractivity contribution in [3.8, 4) is 10.6 Å². The van der Waals surface area contributed by atoms with Crippen molar-refractivity contribution in [3.05, 3.63) is 59.5 Å². The molecule has 1 aromatic carbocycles. The minimum atomic E-state index is -0.234. The Morgan fingerprint density at radius 3 is 2.51 bits per heavy atom. The molecule has 1 saturated heterocycles. The maximum Gasteiger partial charge on any atom is 0.251 e. The lowest BCUT2D eigenvalue weighted by molar-refractivity contribution is -0.125. The monoisotopic (exact) mass is 492 g/mol. The average Bonchev–Trinajstić information content (AvgIpc) is 3.42. The van der Waals surface area contributed by atoms with Gasteiger partial charge in [0.25, 0.3) is 5.91 Å². The van der Waals surface area contributed by atoms with Gasteiger partial charge in [0.2, 0.25) is 11.8 Å². The first kappa shape index (κ1) is 24.3. The van der Waals surface area contributed by atoms with E-state index in [4.69, 9.17) is 0 Å². The summed E-state index contributed by atoms with van der Waals surface area (Å²) in [5.41, 5.74) is 1.97. The van der Waals surface area contributed by atoms with Gasteiger partial charge in [-0.15, -0.1) is 21.5 Å². The molecule has 2 aromatic heterocycles. The second kappa shape index (κ2) is 11.6. The van der Waals surface area contributed by atoms with Crippen LogP contribution in [-0.2, 0) is 9.59 Å². The molecular formula is C25H28N6O3S. The van der Waals surface area contributed by atoms with Gasteiger partial charge in [-0.3, -0.25) is 14.4 Å². The third-order valence-electron chi connectivity index (χ3n) is 5.72. The molecule has 0 bridgehead atoms. The summed E-state index contributed by atoms with van der Waals surface area (Å²) in [6, 6.07) is 14.6. The first-order valence-electron chi connectivity index (χ1n) is 11.6. The molecule has 1 atom stereocenters. The third-order valence-corrected chi connectivity index (χ3v) is 6.61. The van der Waals surface area contributed by atoms with E-state index in [1.54, 1.807) is 35.6 Å². The molecule has 1 unspecified atom stereocenters. The van der Waals surface area contributed by atoms with E-state index >= 15 is 0 Å². The van der Waals surface area contributed by atoms with Crippen LogP contribution in [-0.4, -0.2) is 54.1 Å². The molecule has 1 aliphatic rings. The number of carbonyl (C=O) groups is 3. The molecular weight excluding hydrogens is 464 g/mol. The summed E-state index contributed by atoms with van der Waals surface area (Å²) in [4.78, 5) is 39.3. The van der Waals surface area contributed by atoms with Crippen LogP contribution in [0.3, 0.4) is 0 Å². The molecule has 3 amide bonds. The van der Waals surface area contributed by atoms with Gasteiger partial charge in [0.05, 0.1) is 10.8 Å². The van der Waals surface area contributed by atoms with E-state index in [1.807, 2.05) is 29.6 Å². The molecule has 9 nitrogen and oxygen atoms in total. The number of piperidine rings is 1. The largest absolute Gasteiger partial charge is 0.354 e. The number of anilines is 2. The zero-order valence-corrected chi connectivity index (χ0v) is 20.3. The van der Waals surface area contributed by atoms with Gasteiger partial charge < -0.3 is 20.9 Å². The number of aromatic nitrogens is 2. The van der Waals surface area contributed by atoms with Gasteiger partial charge in [-0.1, -0.05) is 6.07 Å². The van der Waals surface area contributed by atoms with E-state index in [0.717, 1.165) is 35.8 Å². The van der Waals surface area contributed by atoms with E-state index in [2.05, 4.69) is 31.0 Å². The number of rotatable bonds is 8. The van der Waals surface area contributed by atoms with Crippen LogP contribution < -0.4 is 20.9 Å². The second-order valence-electron chi connectivity index (χ2n) is 8.34. The fourth-order valence-corrected chi connectivity index (χ4v) is 4.66. The fraction of sp³-hybridized carbons (Fsp3) is 0.320. The van der Waals surface area contributed by atoms with Gasteiger partial charge in [0.1, 0.15) is 5.69 Å². The van der Waals surface area contributed by atoms with E-state index in [1.165, 1.54) is 6.92 Å². The lowest BCUT2D eigenvalue weighted by Gasteiger charge is -2.32. The maximum atomic E-state index is 12.7. The van der Waals surface area contributed by atoms with Crippen molar-refractivity contribution < 1.29 is 14.4 Å². The summed E-state index contributed by atoms with van der Waals surface area (Å²) >= 11 is 1.62. The predicted molar refractivity (Wildman–Crippen MR) is 136 cm³/mol. The minimum Gasteiger partial charge on any atom is -0.354 e. The lowest BCUT2D eigenvalue weighted by Crippen LogP contribution is -2.45. The van der Waals surface area contributed by atoms with Gasteiger partial charge in [-0.25, -0.2) is 0 Å². The number of hydrogen-bond acceptors (Lipinski definition) is 7. The Morgan fingerprint density at radius 1 is 1.03 bits per heavy atom. The topological polar surface area (TPSA) is 116 Å². The van der Waals surface area contributed by atoms with Gasteiger partial charge in [0.15, 0.2) is 5.82 Å². The molecule has 1 aliphatic heterocycles. The molecule has 10 heteroatoms. The molecule has 4 rings (SSSR count). The number of thiophene rings is 1. The van der Waals surface area contributed by atoms with Crippen LogP contribution in [0.25, 0.3) is 10.6 Å². The highest BCUT2D eigenvalue weighted by atomic mass is 32.1. The number of carbonyl (C=O) groups excluding carboxylic acids is 3. The molecule has 0 saturated carbocycles. The zero-order chi connectivity index (χ0) is 24.6. The van der Waals surface area contributed by atoms with Crippen molar-refractivity contribution in [2.24, 2.45) is 5.92 Å². The van der Waals surface area contributed by atoms with Crippen LogP contribution in [0.1, 0.15) is 30.1 Å². The van der Waals surface area contributed by atoms with Crippen LogP contribution in [0, 0.1) is 5.92 Å². The number of benzene rings is 1. The summed E-state index contributed by atoms with van der Waals surface area (Å²) in [6.45, 7) is 3.53. The molecule has 1 fully saturated rings. The van der Waals surface area contributed by atoms with Gasteiger partial charge in [0, 0.05) is 44.4 Å². The highest BCUT2D eigenvalue weighted by Gasteiger charge is 2.26. The maximum absolute atomic E-state index is 12.7. The summed E-state index contributed by atoms with van der Waals surface area (Å²) in [6.07, 6.45) is 1.72. The summed E-state index contributed by atoms with van der Waals surface area (Å²) in [5.74, 6) is 0.215. The first-order valence-corrected chi connectivity index (χ1v) is 12.4. The van der Waals surface area contributed by atoms with Crippen molar-refractivity contribution in [2.45, 2.75) is 19.8 Å². The Labute approximate surface area is 207 Å². The van der Waals surface area contributed by atoms with E-state index in [0.29, 0.717) is 30.9 Å². The summed E-state index contributed by atoms with van der Waals surface area (Å²) in [7, 11) is 0. The van der Waals surface area contributed by atoms with E-state index in [9.17, 15) is 14.4 Å². The highest BCUT2D eigenvalue weighted by Crippen LogP contribution is 2.25. The minimum absolute atomic E-state index is 0.0215. The first-order chi connectivity index (χ1) is 17.0. The Hall–Kier alpha value is -3.79. The van der Waals surface area contributed by atoms with Crippen molar-refractivity contribution in [1.29, 1.82) is 0 Å². The van der Waals surface area contributed by atoms with Crippen molar-refractivity contribution >= 4 is 40.6 Å². The fourth-order valence-electron chi connectivity index (χ4n) is 3.97. The van der Waals surface area contributed by atoms with Crippen LogP contribution in [0.15, 0.2) is 53.9 Å². The van der Waals surface area contributed by atoms with Crippen molar-refractivity contribution in [2.75, 3.05) is 36.4 Å². The Morgan fingerprint density at radius 2 is 1.83 bits per heavy atom. The number of nitrogens with zero attached hydrogens (tertiary/aromatic N) is 3. The standard InChI is InChI=1S/C25H28N6O3S/c1-17(32)28-20-8-6-18(7-9-20)24(33)26-12-13-27-25(34)19-4-2-14-31(16-19)23-11-10-21(29-30-23)22-5-3-15-35-22/h3,5-11,15,19H,2,4,12-14,16H2,1H3,(H,26,33)(H,27,34)(H,28,32). The molecule has 182 valence electrons. The third kappa shape index (κ3) is 6.63. The molecule has 0 spiro atoms. The zero-order valence-electron chi connectivity index (χ0n) is 19.5. The summed E-state index contributed by atoms with van der Waals surface area (Å²) < 4.78 is 0. The Bertz CT molecular complexity index is 1150. The van der Waals surface area contributed by atoms with Crippen LogP contribution in [0.2, 0.25) is 0 Å². The average molecular weight is 493 g/mol. The molecule has 35 heavy (non-hydrogen) atoms. The molecule has 3 N–H and O–H groups in total. The second-order valence-corrected chi connectivity index (χ2v) is 9.29. The smallest absolute Gasteiger partial charge is 0.251 e. The van der Waals surface area contributed by atoms with Crippen LogP contribution >= 0.6 is 11.3 Å². The van der Waals surface area contributed by atoms with Gasteiger partial charge in [-0.2, -0.15) is 0 Å². The van der Waals surface area contributed by atoms with E-state index in [-0.39, 0.29) is 23.6 Å². The van der Waals surface area contributed by atoms with Crippen LogP contribution in [0.4, 0.5) is 11.5 Å². The molecule has 0 radical (unpaired) electrons. The quantitative estimate of drug-likeness (QED) is 0.417. The predicted octanol–water partition coefficient (Wildman–Crippen LogP) is 2.93. The normalized spacial score (nSPS) is 15.3. The van der Waals surface area contributed by atoms with Gasteiger partial charge >= 0.3 is 0 Å². The lowest BCUT2D eigenvalue weighted by atomic mass is 9.97. The molecule has 3 heterocycles. The van der Waals surface area contributed by atoms with Crippen LogP contribution in [0.5, 0.6) is 0 Å². The van der Waals surface area contributed by atoms with Crippen molar-refractivity contribution in [3.63, 3.8) is 0 Å². The Kier molecular flexibility index (Phi) is 8.04. The number of nitrogens with one attached hydrogen (secondary N) is 3. The van der Waals surface area contributed by atoms with E-state index < -0.39 is 0 Å². The molecule has 3 aromatic rings. The Balaban J connectivity index is 1.21. The molecule has 0 aliphatic carbocycles. The number of hydrogen-bond donors (Lipinski definition) is 3.